The van der Waals surface area contributed by atoms with E-state index >= 15 is 0 Å². The fraction of sp³-hybridized carbons (Fsp3) is 0.286. The Balaban J connectivity index is 2.11. The Bertz CT molecular complexity index is 613. The minimum atomic E-state index is -4.71. The van der Waals surface area contributed by atoms with Crippen molar-refractivity contribution in [2.45, 2.75) is 26.6 Å². The van der Waals surface area contributed by atoms with E-state index in [0.29, 0.717) is 5.75 Å². The van der Waals surface area contributed by atoms with Gasteiger partial charge in [0.15, 0.2) is 0 Å². The van der Waals surface area contributed by atoms with Gasteiger partial charge in [0.05, 0.1) is 0 Å². The molecule has 0 N–H and O–H groups in total. The number of hydrogen-bond donors (Lipinski definition) is 0. The van der Waals surface area contributed by atoms with Crippen LogP contribution >= 0.6 is 0 Å². The lowest BCUT2D eigenvalue weighted by Crippen LogP contribution is -2.16. The molecule has 0 aliphatic heterocycles. The van der Waals surface area contributed by atoms with Gasteiger partial charge in [0, 0.05) is 11.4 Å². The summed E-state index contributed by atoms with van der Waals surface area (Å²) in [4.78, 5) is 8.30. The summed E-state index contributed by atoms with van der Waals surface area (Å²) in [6.45, 7) is 3.77. The number of hydrogen-bond acceptors (Lipinski definition) is 4. The van der Waals surface area contributed by atoms with Crippen LogP contribution in [0.3, 0.4) is 0 Å². The first-order valence-corrected chi connectivity index (χ1v) is 6.24. The Hall–Kier alpha value is -2.31. The number of alkyl halides is 3. The summed E-state index contributed by atoms with van der Waals surface area (Å²) in [5, 5.41) is 0. The summed E-state index contributed by atoms with van der Waals surface area (Å²) < 4.78 is 45.3. The maximum atomic E-state index is 12.0. The number of halogens is 3. The first kappa shape index (κ1) is 15.1. The first-order chi connectivity index (χ1) is 9.85. The van der Waals surface area contributed by atoms with E-state index in [4.69, 9.17) is 4.74 Å². The monoisotopic (exact) mass is 298 g/mol. The van der Waals surface area contributed by atoms with Crippen LogP contribution in [-0.4, -0.2) is 16.3 Å². The Labute approximate surface area is 119 Å². The van der Waals surface area contributed by atoms with Gasteiger partial charge in [-0.05, 0) is 43.7 Å². The molecule has 0 saturated carbocycles. The number of aromatic nitrogens is 2. The van der Waals surface area contributed by atoms with Crippen molar-refractivity contribution in [2.75, 3.05) is 0 Å². The molecule has 7 heteroatoms. The number of aryl methyl sites for hydroxylation is 2. The maximum absolute atomic E-state index is 12.0. The molecule has 112 valence electrons. The van der Waals surface area contributed by atoms with E-state index in [2.05, 4.69) is 14.7 Å². The molecule has 1 aromatic heterocycles. The van der Waals surface area contributed by atoms with Crippen LogP contribution < -0.4 is 9.47 Å². The number of benzene rings is 1. The van der Waals surface area contributed by atoms with E-state index in [0.717, 1.165) is 17.8 Å². The number of rotatable bonds is 4. The summed E-state index contributed by atoms with van der Waals surface area (Å²) in [5.41, 5.74) is 1.59. The molecular formula is C14H13F3N2O2. The van der Waals surface area contributed by atoms with Crippen LogP contribution in [0.25, 0.3) is 0 Å². The zero-order chi connectivity index (χ0) is 15.5. The van der Waals surface area contributed by atoms with E-state index < -0.39 is 6.36 Å². The van der Waals surface area contributed by atoms with Gasteiger partial charge in [-0.2, -0.15) is 4.98 Å². The van der Waals surface area contributed by atoms with Crippen molar-refractivity contribution in [3.8, 4) is 17.5 Å². The van der Waals surface area contributed by atoms with Gasteiger partial charge >= 0.3 is 12.4 Å². The maximum Gasteiger partial charge on any atom is 0.573 e. The third-order valence-corrected chi connectivity index (χ3v) is 2.52. The topological polar surface area (TPSA) is 44.2 Å². The Morgan fingerprint density at radius 3 is 2.24 bits per heavy atom. The fourth-order valence-electron chi connectivity index (χ4n) is 1.65. The zero-order valence-electron chi connectivity index (χ0n) is 11.4. The second-order valence-electron chi connectivity index (χ2n) is 4.26. The zero-order valence-corrected chi connectivity index (χ0v) is 11.4. The molecule has 0 radical (unpaired) electrons. The van der Waals surface area contributed by atoms with Gasteiger partial charge in [-0.25, -0.2) is 4.98 Å². The summed E-state index contributed by atoms with van der Waals surface area (Å²) >= 11 is 0. The third-order valence-electron chi connectivity index (χ3n) is 2.52. The summed E-state index contributed by atoms with van der Waals surface area (Å²) in [6, 6.07) is 7.05. The summed E-state index contributed by atoms with van der Waals surface area (Å²) in [6.07, 6.45) is -3.98. The molecule has 4 nitrogen and oxygen atoms in total. The normalized spacial score (nSPS) is 11.3. The third kappa shape index (κ3) is 4.62. The first-order valence-electron chi connectivity index (χ1n) is 6.24. The Morgan fingerprint density at radius 1 is 1.05 bits per heavy atom. The molecule has 0 aliphatic rings. The SMILES string of the molecule is CCc1cc(C)nc(Oc2ccc(OC(F)(F)F)cc2)n1. The van der Waals surface area contributed by atoms with Gasteiger partial charge < -0.3 is 9.47 Å². The van der Waals surface area contributed by atoms with Gasteiger partial charge in [-0.1, -0.05) is 6.92 Å². The van der Waals surface area contributed by atoms with Crippen molar-refractivity contribution in [2.24, 2.45) is 0 Å². The number of nitrogens with zero attached hydrogens (tertiary/aromatic N) is 2. The highest BCUT2D eigenvalue weighted by Crippen LogP contribution is 2.26. The minimum Gasteiger partial charge on any atom is -0.424 e. The largest absolute Gasteiger partial charge is 0.573 e. The quantitative estimate of drug-likeness (QED) is 0.854. The molecule has 2 aromatic rings. The molecule has 0 bridgehead atoms. The van der Waals surface area contributed by atoms with E-state index in [1.54, 1.807) is 0 Å². The molecule has 0 aliphatic carbocycles. The summed E-state index contributed by atoms with van der Waals surface area (Å²) in [7, 11) is 0. The van der Waals surface area contributed by atoms with Crippen LogP contribution in [0.2, 0.25) is 0 Å². The van der Waals surface area contributed by atoms with Crippen molar-refractivity contribution in [1.29, 1.82) is 0 Å². The van der Waals surface area contributed by atoms with Gasteiger partial charge in [0.2, 0.25) is 0 Å². The van der Waals surface area contributed by atoms with Crippen molar-refractivity contribution in [3.05, 3.63) is 41.7 Å². The van der Waals surface area contributed by atoms with Crippen molar-refractivity contribution < 1.29 is 22.6 Å². The molecule has 0 atom stereocenters. The molecule has 0 saturated heterocycles. The smallest absolute Gasteiger partial charge is 0.424 e. The van der Waals surface area contributed by atoms with Crippen molar-refractivity contribution in [3.63, 3.8) is 0 Å². The van der Waals surface area contributed by atoms with Crippen LogP contribution in [0.15, 0.2) is 30.3 Å². The summed E-state index contributed by atoms with van der Waals surface area (Å²) in [5.74, 6) is 0.0198. The molecule has 0 fully saturated rings. The van der Waals surface area contributed by atoms with E-state index in [-0.39, 0.29) is 11.8 Å². The van der Waals surface area contributed by atoms with Crippen molar-refractivity contribution in [1.82, 2.24) is 9.97 Å². The van der Waals surface area contributed by atoms with E-state index in [1.807, 2.05) is 19.9 Å². The highest BCUT2D eigenvalue weighted by atomic mass is 19.4. The standard InChI is InChI=1S/C14H13F3N2O2/c1-3-10-8-9(2)18-13(19-10)20-11-4-6-12(7-5-11)21-14(15,16)17/h4-8H,3H2,1-2H3. The van der Waals surface area contributed by atoms with Crippen LogP contribution in [0.1, 0.15) is 18.3 Å². The second-order valence-corrected chi connectivity index (χ2v) is 4.26. The highest BCUT2D eigenvalue weighted by molar-refractivity contribution is 5.33. The lowest BCUT2D eigenvalue weighted by Gasteiger charge is -2.10. The Kier molecular flexibility index (Phi) is 4.30. The van der Waals surface area contributed by atoms with Gasteiger partial charge in [0.1, 0.15) is 11.5 Å². The molecule has 0 unspecified atom stereocenters. The predicted octanol–water partition coefficient (Wildman–Crippen LogP) is 4.04. The van der Waals surface area contributed by atoms with Crippen molar-refractivity contribution >= 4 is 0 Å². The number of ether oxygens (including phenoxy) is 2. The van der Waals surface area contributed by atoms with Gasteiger partial charge in [0.25, 0.3) is 0 Å². The molecule has 0 spiro atoms. The van der Waals surface area contributed by atoms with Crippen LogP contribution in [0.4, 0.5) is 13.2 Å². The van der Waals surface area contributed by atoms with Crippen LogP contribution in [-0.2, 0) is 6.42 Å². The molecule has 21 heavy (non-hydrogen) atoms. The second kappa shape index (κ2) is 5.99. The molecule has 0 amide bonds. The molecule has 1 heterocycles. The van der Waals surface area contributed by atoms with E-state index in [1.165, 1.54) is 24.3 Å². The average molecular weight is 298 g/mol. The van der Waals surface area contributed by atoms with Gasteiger partial charge in [-0.3, -0.25) is 0 Å². The fourth-order valence-corrected chi connectivity index (χ4v) is 1.65. The molecular weight excluding hydrogens is 285 g/mol. The van der Waals surface area contributed by atoms with Crippen LogP contribution in [0.5, 0.6) is 17.5 Å². The predicted molar refractivity (Wildman–Crippen MR) is 69.3 cm³/mol. The minimum absolute atomic E-state index is 0.163. The van der Waals surface area contributed by atoms with Crippen LogP contribution in [0, 0.1) is 6.92 Å². The average Bonchev–Trinajstić information content (AvgIpc) is 2.38. The highest BCUT2D eigenvalue weighted by Gasteiger charge is 2.30. The lowest BCUT2D eigenvalue weighted by molar-refractivity contribution is -0.274. The molecule has 2 rings (SSSR count). The van der Waals surface area contributed by atoms with E-state index in [9.17, 15) is 13.2 Å². The lowest BCUT2D eigenvalue weighted by atomic mass is 10.3. The Morgan fingerprint density at radius 2 is 1.67 bits per heavy atom. The van der Waals surface area contributed by atoms with Gasteiger partial charge in [-0.15, -0.1) is 13.2 Å². The molecule has 1 aromatic carbocycles.